The maximum atomic E-state index is 14.6. The van der Waals surface area contributed by atoms with Crippen LogP contribution in [-0.2, 0) is 7.05 Å². The fourth-order valence-corrected chi connectivity index (χ4v) is 3.67. The van der Waals surface area contributed by atoms with Gasteiger partial charge in [-0.1, -0.05) is 17.7 Å². The Balaban J connectivity index is 1.94. The highest BCUT2D eigenvalue weighted by Gasteiger charge is 2.20. The van der Waals surface area contributed by atoms with Gasteiger partial charge < -0.3 is 14.8 Å². The maximum absolute atomic E-state index is 14.6. The summed E-state index contributed by atoms with van der Waals surface area (Å²) in [5.41, 5.74) is 3.08. The molecule has 0 saturated heterocycles. The van der Waals surface area contributed by atoms with Gasteiger partial charge in [0.05, 0.1) is 46.9 Å². The predicted molar refractivity (Wildman–Crippen MR) is 112 cm³/mol. The van der Waals surface area contributed by atoms with Gasteiger partial charge >= 0.3 is 0 Å². The number of nitrogens with one attached hydrogen (secondary N) is 1. The van der Waals surface area contributed by atoms with E-state index in [1.165, 1.54) is 13.2 Å². The molecule has 6 nitrogen and oxygen atoms in total. The zero-order valence-electron chi connectivity index (χ0n) is 16.0. The van der Waals surface area contributed by atoms with E-state index in [9.17, 15) is 9.50 Å². The third-order valence-corrected chi connectivity index (χ3v) is 4.99. The van der Waals surface area contributed by atoms with Crippen LogP contribution in [-0.4, -0.2) is 32.7 Å². The summed E-state index contributed by atoms with van der Waals surface area (Å²) in [6, 6.07) is 7.97. The first-order chi connectivity index (χ1) is 13.9. The molecule has 2 aromatic heterocycles. The summed E-state index contributed by atoms with van der Waals surface area (Å²) in [6.45, 7) is 1.79. The lowest BCUT2D eigenvalue weighted by Gasteiger charge is -2.12. The van der Waals surface area contributed by atoms with Crippen LogP contribution in [0.15, 0.2) is 47.7 Å². The average Bonchev–Trinajstić information content (AvgIpc) is 3.22. The van der Waals surface area contributed by atoms with E-state index in [0.717, 1.165) is 0 Å². The summed E-state index contributed by atoms with van der Waals surface area (Å²) in [7, 11) is 3.27. The van der Waals surface area contributed by atoms with Crippen LogP contribution in [0.5, 0.6) is 11.6 Å². The van der Waals surface area contributed by atoms with Gasteiger partial charge in [0.15, 0.2) is 5.88 Å². The van der Waals surface area contributed by atoms with Crippen LogP contribution in [0.1, 0.15) is 12.5 Å². The molecule has 0 atom stereocenters. The second-order valence-corrected chi connectivity index (χ2v) is 7.02. The fraction of sp³-hybridized carbons (Fsp3) is 0.143. The van der Waals surface area contributed by atoms with Gasteiger partial charge in [0, 0.05) is 18.0 Å². The van der Waals surface area contributed by atoms with Crippen LogP contribution < -0.4 is 4.74 Å². The van der Waals surface area contributed by atoms with Crippen molar-refractivity contribution in [3.8, 4) is 22.8 Å². The number of hydrogen-bond donors (Lipinski definition) is 2. The molecule has 4 aromatic rings. The lowest BCUT2D eigenvalue weighted by atomic mass is 9.99. The van der Waals surface area contributed by atoms with Crippen molar-refractivity contribution in [3.05, 3.63) is 59.1 Å². The Kier molecular flexibility index (Phi) is 4.76. The van der Waals surface area contributed by atoms with E-state index in [1.54, 1.807) is 55.3 Å². The summed E-state index contributed by atoms with van der Waals surface area (Å²) in [4.78, 5) is 7.44. The van der Waals surface area contributed by atoms with E-state index in [2.05, 4.69) is 15.1 Å². The molecule has 2 N–H and O–H groups in total. The highest BCUT2D eigenvalue weighted by atomic mass is 35.5. The third kappa shape index (κ3) is 3.34. The van der Waals surface area contributed by atoms with Crippen LogP contribution >= 0.6 is 11.6 Å². The number of fused-ring (bicyclic) bond motifs is 1. The largest absolute Gasteiger partial charge is 0.496 e. The van der Waals surface area contributed by atoms with E-state index in [1.807, 2.05) is 0 Å². The molecule has 8 heteroatoms. The van der Waals surface area contributed by atoms with Crippen molar-refractivity contribution in [2.24, 2.45) is 12.0 Å². The normalized spacial score (nSPS) is 12.0. The highest BCUT2D eigenvalue weighted by molar-refractivity contribution is 6.34. The summed E-state index contributed by atoms with van der Waals surface area (Å²) in [5.74, 6) is -0.125. The topological polar surface area (TPSA) is 75.4 Å². The maximum Gasteiger partial charge on any atom is 0.198 e. The Morgan fingerprint density at radius 2 is 2.14 bits per heavy atom. The number of hydrogen-bond acceptors (Lipinski definition) is 4. The molecule has 2 aromatic carbocycles. The first kappa shape index (κ1) is 19.0. The number of aromatic hydroxyl groups is 1. The smallest absolute Gasteiger partial charge is 0.198 e. The number of H-pyrrole nitrogens is 1. The Bertz CT molecular complexity index is 1260. The Morgan fingerprint density at radius 3 is 2.83 bits per heavy atom. The van der Waals surface area contributed by atoms with Gasteiger partial charge in [0.2, 0.25) is 0 Å². The Hall–Kier alpha value is -3.32. The van der Waals surface area contributed by atoms with E-state index in [4.69, 9.17) is 16.3 Å². The molecule has 0 spiro atoms. The third-order valence-electron chi connectivity index (χ3n) is 4.68. The second-order valence-electron chi connectivity index (χ2n) is 6.61. The van der Waals surface area contributed by atoms with Crippen molar-refractivity contribution in [2.45, 2.75) is 6.92 Å². The summed E-state index contributed by atoms with van der Waals surface area (Å²) in [6.07, 6.45) is 3.39. The number of ether oxygens (including phenoxy) is 1. The molecule has 2 heterocycles. The molecule has 0 aliphatic rings. The second kappa shape index (κ2) is 7.25. The molecule has 0 fully saturated rings. The molecule has 4 rings (SSSR count). The molecule has 0 unspecified atom stereocenters. The first-order valence-corrected chi connectivity index (χ1v) is 9.18. The van der Waals surface area contributed by atoms with Gasteiger partial charge in [-0.25, -0.2) is 9.38 Å². The lowest BCUT2D eigenvalue weighted by Crippen LogP contribution is -1.95. The zero-order chi connectivity index (χ0) is 20.7. The van der Waals surface area contributed by atoms with Gasteiger partial charge in [-0.3, -0.25) is 4.68 Å². The van der Waals surface area contributed by atoms with E-state index in [-0.39, 0.29) is 11.4 Å². The van der Waals surface area contributed by atoms with Crippen molar-refractivity contribution in [3.63, 3.8) is 0 Å². The predicted octanol–water partition coefficient (Wildman–Crippen LogP) is 5.22. The number of rotatable bonds is 4. The minimum absolute atomic E-state index is 0.0427. The Labute approximate surface area is 171 Å². The van der Waals surface area contributed by atoms with E-state index in [0.29, 0.717) is 44.2 Å². The van der Waals surface area contributed by atoms with Crippen molar-refractivity contribution < 1.29 is 14.2 Å². The van der Waals surface area contributed by atoms with Crippen molar-refractivity contribution in [2.75, 3.05) is 7.11 Å². The molecular formula is C21H18ClFN4O2. The quantitative estimate of drug-likeness (QED) is 0.451. The van der Waals surface area contributed by atoms with E-state index >= 15 is 0 Å². The number of aryl methyl sites for hydroxylation is 1. The summed E-state index contributed by atoms with van der Waals surface area (Å²) < 4.78 is 21.6. The number of halogens is 2. The van der Waals surface area contributed by atoms with Crippen LogP contribution in [0.4, 0.5) is 10.1 Å². The highest BCUT2D eigenvalue weighted by Crippen LogP contribution is 2.41. The minimum Gasteiger partial charge on any atom is -0.496 e. The standard InChI is InChI=1S/C21H18ClFN4O2/c1-11(25-12-9-24-27(2)10-12)19-14-7-13(15(22)8-17(14)26-21(19)28)20-16(23)5-4-6-18(20)29-3/h4-10,26,28H,1-3H3. The van der Waals surface area contributed by atoms with Gasteiger partial charge in [0.1, 0.15) is 17.3 Å². The molecule has 148 valence electrons. The molecule has 29 heavy (non-hydrogen) atoms. The van der Waals surface area contributed by atoms with Gasteiger partial charge in [-0.2, -0.15) is 5.10 Å². The molecule has 0 aliphatic heterocycles. The van der Waals surface area contributed by atoms with Crippen LogP contribution in [0.3, 0.4) is 0 Å². The molecule has 0 aliphatic carbocycles. The number of methoxy groups -OCH3 is 1. The summed E-state index contributed by atoms with van der Waals surface area (Å²) >= 11 is 6.45. The SMILES string of the molecule is COc1cccc(F)c1-c1cc2c(C(C)=Nc3cnn(C)c3)c(O)[nH]c2cc1Cl. The number of aromatic nitrogens is 3. The van der Waals surface area contributed by atoms with Gasteiger partial charge in [0.25, 0.3) is 0 Å². The van der Waals surface area contributed by atoms with Crippen LogP contribution in [0.2, 0.25) is 5.02 Å². The molecule has 0 saturated carbocycles. The lowest BCUT2D eigenvalue weighted by molar-refractivity contribution is 0.413. The molecular weight excluding hydrogens is 395 g/mol. The number of aliphatic imine (C=N–C) groups is 1. The minimum atomic E-state index is -0.451. The van der Waals surface area contributed by atoms with Gasteiger partial charge in [-0.05, 0) is 31.2 Å². The van der Waals surface area contributed by atoms with Crippen LogP contribution in [0.25, 0.3) is 22.0 Å². The van der Waals surface area contributed by atoms with Crippen molar-refractivity contribution in [1.29, 1.82) is 0 Å². The number of benzene rings is 2. The average molecular weight is 413 g/mol. The Morgan fingerprint density at radius 1 is 1.34 bits per heavy atom. The zero-order valence-corrected chi connectivity index (χ0v) is 16.8. The van der Waals surface area contributed by atoms with Gasteiger partial charge in [-0.15, -0.1) is 0 Å². The van der Waals surface area contributed by atoms with Crippen molar-refractivity contribution >= 4 is 33.9 Å². The summed E-state index contributed by atoms with van der Waals surface area (Å²) in [5, 5.41) is 15.6. The first-order valence-electron chi connectivity index (χ1n) is 8.80. The monoisotopic (exact) mass is 412 g/mol. The van der Waals surface area contributed by atoms with E-state index < -0.39 is 5.82 Å². The fourth-order valence-electron chi connectivity index (χ4n) is 3.41. The molecule has 0 radical (unpaired) electrons. The van der Waals surface area contributed by atoms with Crippen LogP contribution in [0, 0.1) is 5.82 Å². The number of aromatic amines is 1. The molecule has 0 amide bonds. The molecule has 0 bridgehead atoms. The van der Waals surface area contributed by atoms with Crippen molar-refractivity contribution in [1.82, 2.24) is 14.8 Å². The number of nitrogens with zero attached hydrogens (tertiary/aromatic N) is 3.